The summed E-state index contributed by atoms with van der Waals surface area (Å²) in [5.41, 5.74) is 0. The highest BCUT2D eigenvalue weighted by molar-refractivity contribution is 6.05. The van der Waals surface area contributed by atoms with Gasteiger partial charge in [-0.25, -0.2) is 4.79 Å². The summed E-state index contributed by atoms with van der Waals surface area (Å²) in [4.78, 5) is 22.0. The van der Waals surface area contributed by atoms with Crippen LogP contribution in [0.4, 0.5) is 0 Å². The van der Waals surface area contributed by atoms with Crippen LogP contribution in [0.15, 0.2) is 0 Å². The zero-order valence-electron chi connectivity index (χ0n) is 7.72. The van der Waals surface area contributed by atoms with Gasteiger partial charge >= 0.3 is 5.97 Å². The molecule has 0 bridgehead atoms. The number of carbonyl (C=O) groups is 2. The molecule has 2 heterocycles. The summed E-state index contributed by atoms with van der Waals surface area (Å²) in [6, 6.07) is 0. The zero-order chi connectivity index (χ0) is 10.5. The molecular weight excluding hydrogens is 192 g/mol. The van der Waals surface area contributed by atoms with Gasteiger partial charge in [-0.2, -0.15) is 0 Å². The van der Waals surface area contributed by atoms with Crippen molar-refractivity contribution in [1.82, 2.24) is 0 Å². The third-order valence-electron chi connectivity index (χ3n) is 2.09. The Morgan fingerprint density at radius 2 is 2.07 bits per heavy atom. The fourth-order valence-corrected chi connectivity index (χ4v) is 1.55. The van der Waals surface area contributed by atoms with Crippen molar-refractivity contribution < 1.29 is 28.9 Å². The lowest BCUT2D eigenvalue weighted by Crippen LogP contribution is -2.34. The molecule has 0 radical (unpaired) electrons. The van der Waals surface area contributed by atoms with E-state index >= 15 is 0 Å². The Morgan fingerprint density at radius 1 is 1.43 bits per heavy atom. The first kappa shape index (κ1) is 9.57. The minimum absolute atomic E-state index is 0.590. The number of carbonyl (C=O) groups excluding carboxylic acids is 1. The number of Topliss-reactive ketones (excluding diaryl/α,β-unsaturated/α-hetero) is 1. The molecule has 0 spiro atoms. The van der Waals surface area contributed by atoms with Crippen molar-refractivity contribution in [3.8, 4) is 0 Å². The third-order valence-corrected chi connectivity index (χ3v) is 2.09. The number of carboxylic acid groups (broad SMARTS) is 1. The number of ketones is 1. The van der Waals surface area contributed by atoms with Crippen LogP contribution >= 0.6 is 0 Å². The maximum Gasteiger partial charge on any atom is 0.340 e. The van der Waals surface area contributed by atoms with Crippen molar-refractivity contribution >= 4 is 11.8 Å². The summed E-state index contributed by atoms with van der Waals surface area (Å²) < 4.78 is 15.3. The van der Waals surface area contributed by atoms with E-state index < -0.39 is 36.0 Å². The molecule has 0 aromatic carbocycles. The summed E-state index contributed by atoms with van der Waals surface area (Å²) in [5, 5.41) is 8.61. The van der Waals surface area contributed by atoms with E-state index in [9.17, 15) is 9.59 Å². The van der Waals surface area contributed by atoms with E-state index in [2.05, 4.69) is 0 Å². The van der Waals surface area contributed by atoms with Crippen molar-refractivity contribution in [3.05, 3.63) is 0 Å². The third kappa shape index (κ3) is 1.31. The molecule has 14 heavy (non-hydrogen) atoms. The fraction of sp³-hybridized carbons (Fsp3) is 0.750. The van der Waals surface area contributed by atoms with Gasteiger partial charge in [-0.05, 0) is 13.8 Å². The number of rotatable bonds is 1. The molecule has 0 aromatic heterocycles. The Balaban J connectivity index is 2.16. The van der Waals surface area contributed by atoms with Gasteiger partial charge in [0, 0.05) is 0 Å². The molecule has 2 aliphatic heterocycles. The largest absolute Gasteiger partial charge is 0.479 e. The standard InChI is InChI=1S/C8H10O6/c1-8(2)13-5-3(9)4(6(10)11)12-7(5)14-8/h4-5,7H,1-2H3,(H,10,11)/t4-,5?,7+/m0/s1. The van der Waals surface area contributed by atoms with Crippen molar-refractivity contribution in [2.75, 3.05) is 0 Å². The Bertz CT molecular complexity index is 296. The van der Waals surface area contributed by atoms with Crippen LogP contribution in [-0.2, 0) is 23.8 Å². The monoisotopic (exact) mass is 202 g/mol. The van der Waals surface area contributed by atoms with Gasteiger partial charge < -0.3 is 19.3 Å². The van der Waals surface area contributed by atoms with Crippen molar-refractivity contribution in [2.24, 2.45) is 0 Å². The lowest BCUT2D eigenvalue weighted by atomic mass is 10.2. The van der Waals surface area contributed by atoms with E-state index in [1.165, 1.54) is 0 Å². The molecule has 78 valence electrons. The molecule has 1 unspecified atom stereocenters. The molecule has 1 N–H and O–H groups in total. The first-order valence-corrected chi connectivity index (χ1v) is 4.18. The van der Waals surface area contributed by atoms with Gasteiger partial charge in [-0.15, -0.1) is 0 Å². The van der Waals surface area contributed by atoms with Gasteiger partial charge in [-0.3, -0.25) is 4.79 Å². The topological polar surface area (TPSA) is 82.1 Å². The van der Waals surface area contributed by atoms with E-state index in [0.29, 0.717) is 0 Å². The normalized spacial score (nSPS) is 39.9. The Hall–Kier alpha value is -0.980. The summed E-state index contributed by atoms with van der Waals surface area (Å²) in [5.74, 6) is -2.79. The number of carboxylic acids is 1. The minimum atomic E-state index is -1.46. The second-order valence-corrected chi connectivity index (χ2v) is 3.68. The quantitative estimate of drug-likeness (QED) is 0.578. The molecule has 0 amide bonds. The second kappa shape index (κ2) is 2.75. The molecule has 6 nitrogen and oxygen atoms in total. The smallest absolute Gasteiger partial charge is 0.340 e. The molecule has 2 fully saturated rings. The van der Waals surface area contributed by atoms with Gasteiger partial charge in [0.05, 0.1) is 0 Å². The Morgan fingerprint density at radius 3 is 2.57 bits per heavy atom. The van der Waals surface area contributed by atoms with Crippen LogP contribution in [0.25, 0.3) is 0 Å². The summed E-state index contributed by atoms with van der Waals surface area (Å²) in [6.07, 6.45) is -3.26. The van der Waals surface area contributed by atoms with E-state index in [0.717, 1.165) is 0 Å². The van der Waals surface area contributed by atoms with E-state index in [4.69, 9.17) is 19.3 Å². The van der Waals surface area contributed by atoms with Crippen molar-refractivity contribution in [3.63, 3.8) is 0 Å². The molecule has 0 aliphatic carbocycles. The molecular formula is C8H10O6. The molecule has 2 aliphatic rings. The highest BCUT2D eigenvalue weighted by Crippen LogP contribution is 2.35. The van der Waals surface area contributed by atoms with E-state index in [1.54, 1.807) is 13.8 Å². The van der Waals surface area contributed by atoms with Crippen molar-refractivity contribution in [2.45, 2.75) is 38.1 Å². The number of fused-ring (bicyclic) bond motifs is 1. The summed E-state index contributed by atoms with van der Waals surface area (Å²) >= 11 is 0. The number of ether oxygens (including phenoxy) is 3. The molecule has 2 rings (SSSR count). The van der Waals surface area contributed by atoms with Gasteiger partial charge in [0.25, 0.3) is 0 Å². The lowest BCUT2D eigenvalue weighted by molar-refractivity contribution is -0.209. The van der Waals surface area contributed by atoms with Crippen LogP contribution in [0.2, 0.25) is 0 Å². The number of hydrogen-bond acceptors (Lipinski definition) is 5. The van der Waals surface area contributed by atoms with E-state index in [1.807, 2.05) is 0 Å². The average Bonchev–Trinajstić information content (AvgIpc) is 2.46. The zero-order valence-corrected chi connectivity index (χ0v) is 7.72. The lowest BCUT2D eigenvalue weighted by Gasteiger charge is -2.18. The molecule has 2 saturated heterocycles. The highest BCUT2D eigenvalue weighted by atomic mass is 16.8. The maximum atomic E-state index is 11.4. The SMILES string of the molecule is CC1(C)OC2C(=O)[C@@H](C(=O)O)O[C@@H]2O1. The van der Waals surface area contributed by atoms with Crippen LogP contribution < -0.4 is 0 Å². The van der Waals surface area contributed by atoms with Gasteiger partial charge in [-0.1, -0.05) is 0 Å². The van der Waals surface area contributed by atoms with Gasteiger partial charge in [0.2, 0.25) is 11.9 Å². The number of aliphatic carboxylic acids is 1. The first-order chi connectivity index (χ1) is 6.41. The summed E-state index contributed by atoms with van der Waals surface area (Å²) in [6.45, 7) is 3.27. The van der Waals surface area contributed by atoms with E-state index in [-0.39, 0.29) is 0 Å². The summed E-state index contributed by atoms with van der Waals surface area (Å²) in [7, 11) is 0. The van der Waals surface area contributed by atoms with Crippen LogP contribution in [0.5, 0.6) is 0 Å². The van der Waals surface area contributed by atoms with Gasteiger partial charge in [0.1, 0.15) is 0 Å². The molecule has 6 heteroatoms. The Kier molecular flexibility index (Phi) is 1.88. The fourth-order valence-electron chi connectivity index (χ4n) is 1.55. The predicted octanol–water partition coefficient (Wildman–Crippen LogP) is -0.484. The molecule has 3 atom stereocenters. The van der Waals surface area contributed by atoms with Crippen LogP contribution in [-0.4, -0.2) is 41.1 Å². The highest BCUT2D eigenvalue weighted by Gasteiger charge is 2.56. The maximum absolute atomic E-state index is 11.4. The van der Waals surface area contributed by atoms with Crippen molar-refractivity contribution in [1.29, 1.82) is 0 Å². The van der Waals surface area contributed by atoms with Crippen LogP contribution in [0, 0.1) is 0 Å². The Labute approximate surface area is 79.7 Å². The minimum Gasteiger partial charge on any atom is -0.479 e. The van der Waals surface area contributed by atoms with Crippen LogP contribution in [0.1, 0.15) is 13.8 Å². The molecule has 0 aromatic rings. The number of hydrogen-bond donors (Lipinski definition) is 1. The average molecular weight is 202 g/mol. The second-order valence-electron chi connectivity index (χ2n) is 3.68. The van der Waals surface area contributed by atoms with Crippen LogP contribution in [0.3, 0.4) is 0 Å². The van der Waals surface area contributed by atoms with Gasteiger partial charge in [0.15, 0.2) is 18.2 Å². The first-order valence-electron chi connectivity index (χ1n) is 4.18. The predicted molar refractivity (Wildman–Crippen MR) is 41.3 cm³/mol. The molecule has 0 saturated carbocycles.